The van der Waals surface area contributed by atoms with Crippen molar-refractivity contribution in [2.75, 3.05) is 0 Å². The fraction of sp³-hybridized carbons (Fsp3) is 0. The lowest BCUT2D eigenvalue weighted by atomic mass is 10.0. The summed E-state index contributed by atoms with van der Waals surface area (Å²) in [5.74, 6) is 0.592. The highest BCUT2D eigenvalue weighted by atomic mass is 15.5. The Kier molecular flexibility index (Phi) is 2.05. The van der Waals surface area contributed by atoms with E-state index in [1.165, 1.54) is 0 Å². The van der Waals surface area contributed by atoms with Gasteiger partial charge in [0.05, 0.1) is 11.0 Å². The van der Waals surface area contributed by atoms with Crippen molar-refractivity contribution in [1.82, 2.24) is 25.6 Å². The van der Waals surface area contributed by atoms with Crippen LogP contribution >= 0.6 is 0 Å². The van der Waals surface area contributed by atoms with E-state index in [1.54, 1.807) is 0 Å². The number of tetrazole rings is 1. The average molecular weight is 247 g/mol. The lowest BCUT2D eigenvalue weighted by molar-refractivity contribution is 0.881. The van der Waals surface area contributed by atoms with Gasteiger partial charge in [0.25, 0.3) is 0 Å². The highest BCUT2D eigenvalue weighted by molar-refractivity contribution is 6.07. The normalized spacial score (nSPS) is 11.2. The smallest absolute Gasteiger partial charge is 0.206 e. The van der Waals surface area contributed by atoms with E-state index in [1.807, 2.05) is 48.5 Å². The molecule has 5 nitrogen and oxygen atoms in total. The summed E-state index contributed by atoms with van der Waals surface area (Å²) < 4.78 is 0. The molecular formula is C14H9N5. The second kappa shape index (κ2) is 3.84. The molecule has 2 aromatic carbocycles. The van der Waals surface area contributed by atoms with Gasteiger partial charge in [-0.15, -0.1) is 10.2 Å². The zero-order valence-corrected chi connectivity index (χ0v) is 9.91. The number of nitrogens with one attached hydrogen (secondary N) is 1. The van der Waals surface area contributed by atoms with E-state index >= 15 is 0 Å². The summed E-state index contributed by atoms with van der Waals surface area (Å²) in [7, 11) is 0. The second-order valence-electron chi connectivity index (χ2n) is 4.26. The summed E-state index contributed by atoms with van der Waals surface area (Å²) in [5.41, 5.74) is 2.83. The number of pyridine rings is 1. The minimum atomic E-state index is 0.592. The Morgan fingerprint density at radius 1 is 0.789 bits per heavy atom. The van der Waals surface area contributed by atoms with Crippen LogP contribution in [0.3, 0.4) is 0 Å². The number of aromatic amines is 1. The van der Waals surface area contributed by atoms with Gasteiger partial charge in [0.1, 0.15) is 0 Å². The van der Waals surface area contributed by atoms with Crippen LogP contribution < -0.4 is 0 Å². The molecule has 19 heavy (non-hydrogen) atoms. The van der Waals surface area contributed by atoms with Crippen molar-refractivity contribution in [3.8, 4) is 11.4 Å². The van der Waals surface area contributed by atoms with Crippen molar-refractivity contribution in [2.24, 2.45) is 0 Å². The maximum absolute atomic E-state index is 4.66. The first kappa shape index (κ1) is 10.1. The molecule has 0 aliphatic heterocycles. The summed E-state index contributed by atoms with van der Waals surface area (Å²) in [5, 5.41) is 16.4. The lowest BCUT2D eigenvalue weighted by Crippen LogP contribution is -1.90. The Hall–Kier alpha value is -2.82. The summed E-state index contributed by atoms with van der Waals surface area (Å²) in [6, 6.07) is 16.0. The summed E-state index contributed by atoms with van der Waals surface area (Å²) in [6.45, 7) is 0. The van der Waals surface area contributed by atoms with E-state index in [-0.39, 0.29) is 0 Å². The molecule has 0 fully saturated rings. The van der Waals surface area contributed by atoms with Gasteiger partial charge in [0.15, 0.2) is 0 Å². The molecule has 90 valence electrons. The molecule has 0 atom stereocenters. The van der Waals surface area contributed by atoms with E-state index in [0.717, 1.165) is 27.4 Å². The number of nitrogens with zero attached hydrogens (tertiary/aromatic N) is 4. The van der Waals surface area contributed by atoms with Gasteiger partial charge in [-0.05, 0) is 17.3 Å². The fourth-order valence-corrected chi connectivity index (χ4v) is 2.35. The van der Waals surface area contributed by atoms with Crippen LogP contribution in [0.15, 0.2) is 48.5 Å². The maximum Gasteiger partial charge on any atom is 0.206 e. The first-order valence-corrected chi connectivity index (χ1v) is 5.95. The van der Waals surface area contributed by atoms with Crippen LogP contribution in [0, 0.1) is 0 Å². The van der Waals surface area contributed by atoms with Crippen molar-refractivity contribution in [3.05, 3.63) is 48.5 Å². The van der Waals surface area contributed by atoms with Gasteiger partial charge in [-0.1, -0.05) is 36.4 Å². The molecule has 0 radical (unpaired) electrons. The zero-order chi connectivity index (χ0) is 12.7. The first-order chi connectivity index (χ1) is 9.43. The SMILES string of the molecule is c1ccc2c(-c3nn[nH]n3)c3ccccc3nc2c1. The van der Waals surface area contributed by atoms with Crippen LogP contribution in [0.2, 0.25) is 0 Å². The molecule has 0 amide bonds. The molecule has 4 aromatic rings. The molecule has 2 heterocycles. The molecule has 0 saturated carbocycles. The number of benzene rings is 2. The van der Waals surface area contributed by atoms with Gasteiger partial charge >= 0.3 is 0 Å². The molecule has 0 aliphatic carbocycles. The Labute approximate surface area is 108 Å². The number of rotatable bonds is 1. The highest BCUT2D eigenvalue weighted by Crippen LogP contribution is 2.31. The Morgan fingerprint density at radius 3 is 2.00 bits per heavy atom. The highest BCUT2D eigenvalue weighted by Gasteiger charge is 2.13. The summed E-state index contributed by atoms with van der Waals surface area (Å²) in [6.07, 6.45) is 0. The van der Waals surface area contributed by atoms with Crippen LogP contribution in [0.1, 0.15) is 0 Å². The number of para-hydroxylation sites is 2. The Bertz CT molecular complexity index is 813. The van der Waals surface area contributed by atoms with Crippen LogP contribution in [0.4, 0.5) is 0 Å². The number of fused-ring (bicyclic) bond motifs is 2. The molecule has 5 heteroatoms. The lowest BCUT2D eigenvalue weighted by Gasteiger charge is -2.07. The van der Waals surface area contributed by atoms with Gasteiger partial charge in [-0.2, -0.15) is 5.21 Å². The third kappa shape index (κ3) is 1.48. The molecule has 2 aromatic heterocycles. The molecule has 0 unspecified atom stereocenters. The maximum atomic E-state index is 4.66. The number of hydrogen-bond donors (Lipinski definition) is 1. The van der Waals surface area contributed by atoms with Crippen molar-refractivity contribution >= 4 is 21.8 Å². The van der Waals surface area contributed by atoms with Crippen LogP contribution in [0.25, 0.3) is 33.2 Å². The van der Waals surface area contributed by atoms with Gasteiger partial charge in [0.2, 0.25) is 5.82 Å². The minimum absolute atomic E-state index is 0.592. The van der Waals surface area contributed by atoms with Crippen LogP contribution in [0.5, 0.6) is 0 Å². The standard InChI is InChI=1S/C14H9N5/c1-3-7-11-9(5-1)13(14-16-18-19-17-14)10-6-2-4-8-12(10)15-11/h1-8H,(H,16,17,18,19). The number of aromatic nitrogens is 5. The van der Waals surface area contributed by atoms with Crippen molar-refractivity contribution in [3.63, 3.8) is 0 Å². The van der Waals surface area contributed by atoms with Crippen LogP contribution in [-0.4, -0.2) is 25.6 Å². The molecule has 0 aliphatic rings. The first-order valence-electron chi connectivity index (χ1n) is 5.95. The molecule has 0 spiro atoms. The monoisotopic (exact) mass is 247 g/mol. The van der Waals surface area contributed by atoms with Gasteiger partial charge < -0.3 is 0 Å². The molecule has 0 saturated heterocycles. The fourth-order valence-electron chi connectivity index (χ4n) is 2.35. The summed E-state index contributed by atoms with van der Waals surface area (Å²) >= 11 is 0. The minimum Gasteiger partial charge on any atom is -0.248 e. The average Bonchev–Trinajstić information content (AvgIpc) is 2.98. The van der Waals surface area contributed by atoms with Crippen molar-refractivity contribution in [1.29, 1.82) is 0 Å². The van der Waals surface area contributed by atoms with Crippen molar-refractivity contribution in [2.45, 2.75) is 0 Å². The third-order valence-electron chi connectivity index (χ3n) is 3.16. The van der Waals surface area contributed by atoms with Crippen molar-refractivity contribution < 1.29 is 0 Å². The van der Waals surface area contributed by atoms with E-state index in [0.29, 0.717) is 5.82 Å². The topological polar surface area (TPSA) is 67.3 Å². The predicted molar refractivity (Wildman–Crippen MR) is 72.4 cm³/mol. The third-order valence-corrected chi connectivity index (χ3v) is 3.16. The van der Waals surface area contributed by atoms with Gasteiger partial charge in [0, 0.05) is 16.3 Å². The molecular weight excluding hydrogens is 238 g/mol. The number of hydrogen-bond acceptors (Lipinski definition) is 4. The summed E-state index contributed by atoms with van der Waals surface area (Å²) in [4.78, 5) is 4.66. The van der Waals surface area contributed by atoms with Gasteiger partial charge in [-0.25, -0.2) is 4.98 Å². The molecule has 0 bridgehead atoms. The van der Waals surface area contributed by atoms with E-state index in [4.69, 9.17) is 0 Å². The molecule has 4 rings (SSSR count). The largest absolute Gasteiger partial charge is 0.248 e. The zero-order valence-electron chi connectivity index (χ0n) is 9.91. The van der Waals surface area contributed by atoms with E-state index in [2.05, 4.69) is 25.6 Å². The van der Waals surface area contributed by atoms with E-state index < -0.39 is 0 Å². The Balaban J connectivity index is 2.27. The van der Waals surface area contributed by atoms with Gasteiger partial charge in [-0.3, -0.25) is 0 Å². The van der Waals surface area contributed by atoms with E-state index in [9.17, 15) is 0 Å². The predicted octanol–water partition coefficient (Wildman–Crippen LogP) is 2.57. The Morgan fingerprint density at radius 2 is 1.42 bits per heavy atom. The molecule has 1 N–H and O–H groups in total. The quantitative estimate of drug-likeness (QED) is 0.525. The second-order valence-corrected chi connectivity index (χ2v) is 4.26. The van der Waals surface area contributed by atoms with Crippen LogP contribution in [-0.2, 0) is 0 Å². The number of H-pyrrole nitrogens is 1.